The molecule has 1 saturated heterocycles. The fourth-order valence-electron chi connectivity index (χ4n) is 2.16. The Kier molecular flexibility index (Phi) is 3.56. The van der Waals surface area contributed by atoms with Crippen LogP contribution in [0.2, 0.25) is 0 Å². The number of aromatic nitrogens is 1. The minimum absolute atomic E-state index is 0.542. The molecule has 0 aliphatic carbocycles. The van der Waals surface area contributed by atoms with Gasteiger partial charge in [-0.1, -0.05) is 11.3 Å². The van der Waals surface area contributed by atoms with Gasteiger partial charge < -0.3 is 9.80 Å². The fraction of sp³-hybridized carbons (Fsp3) is 0.636. The zero-order valence-electron chi connectivity index (χ0n) is 9.72. The Balaban J connectivity index is 2.09. The Morgan fingerprint density at radius 2 is 2.50 bits per heavy atom. The lowest BCUT2D eigenvalue weighted by molar-refractivity contribution is 0.112. The molecule has 16 heavy (non-hydrogen) atoms. The topological polar surface area (TPSA) is 36.4 Å². The van der Waals surface area contributed by atoms with Crippen molar-refractivity contribution >= 4 is 22.8 Å². The van der Waals surface area contributed by atoms with Gasteiger partial charge in [0.15, 0.2) is 11.4 Å². The SMILES string of the molecule is CN(C)CC1CCCN1c1ncc(C=O)s1. The predicted octanol–water partition coefficient (Wildman–Crippen LogP) is 1.49. The van der Waals surface area contributed by atoms with E-state index in [9.17, 15) is 4.79 Å². The van der Waals surface area contributed by atoms with E-state index in [0.29, 0.717) is 10.9 Å². The number of carbonyl (C=O) groups excluding carboxylic acids is 1. The molecule has 1 aliphatic heterocycles. The van der Waals surface area contributed by atoms with Crippen LogP contribution >= 0.6 is 11.3 Å². The summed E-state index contributed by atoms with van der Waals surface area (Å²) in [5, 5.41) is 0.992. The van der Waals surface area contributed by atoms with Gasteiger partial charge in [0.2, 0.25) is 0 Å². The van der Waals surface area contributed by atoms with E-state index in [2.05, 4.69) is 28.9 Å². The molecule has 1 atom stereocenters. The molecule has 1 aromatic heterocycles. The van der Waals surface area contributed by atoms with Crippen molar-refractivity contribution in [3.8, 4) is 0 Å². The van der Waals surface area contributed by atoms with E-state index in [1.807, 2.05) is 0 Å². The van der Waals surface area contributed by atoms with Crippen molar-refractivity contribution in [2.24, 2.45) is 0 Å². The molecule has 1 unspecified atom stereocenters. The van der Waals surface area contributed by atoms with Crippen molar-refractivity contribution in [3.63, 3.8) is 0 Å². The van der Waals surface area contributed by atoms with Crippen LogP contribution in [0.4, 0.5) is 5.13 Å². The van der Waals surface area contributed by atoms with Gasteiger partial charge in [0.1, 0.15) is 0 Å². The van der Waals surface area contributed by atoms with E-state index in [4.69, 9.17) is 0 Å². The lowest BCUT2D eigenvalue weighted by Crippen LogP contribution is -2.37. The van der Waals surface area contributed by atoms with Crippen LogP contribution < -0.4 is 4.90 Å². The number of hydrogen-bond acceptors (Lipinski definition) is 5. The van der Waals surface area contributed by atoms with E-state index in [-0.39, 0.29) is 0 Å². The van der Waals surface area contributed by atoms with Crippen molar-refractivity contribution in [1.82, 2.24) is 9.88 Å². The van der Waals surface area contributed by atoms with E-state index in [0.717, 1.165) is 24.5 Å². The second-order valence-corrected chi connectivity index (χ2v) is 5.46. The molecule has 0 radical (unpaired) electrons. The zero-order chi connectivity index (χ0) is 11.5. The van der Waals surface area contributed by atoms with Crippen molar-refractivity contribution in [1.29, 1.82) is 0 Å². The van der Waals surface area contributed by atoms with Crippen LogP contribution in [0.25, 0.3) is 0 Å². The summed E-state index contributed by atoms with van der Waals surface area (Å²) < 4.78 is 0. The van der Waals surface area contributed by atoms with Gasteiger partial charge in [0.25, 0.3) is 0 Å². The quantitative estimate of drug-likeness (QED) is 0.746. The molecule has 0 amide bonds. The van der Waals surface area contributed by atoms with E-state index >= 15 is 0 Å². The van der Waals surface area contributed by atoms with E-state index in [1.54, 1.807) is 6.20 Å². The lowest BCUT2D eigenvalue weighted by Gasteiger charge is -2.26. The summed E-state index contributed by atoms with van der Waals surface area (Å²) >= 11 is 1.49. The van der Waals surface area contributed by atoms with Gasteiger partial charge in [-0.25, -0.2) is 4.98 Å². The van der Waals surface area contributed by atoms with Crippen LogP contribution in [0.5, 0.6) is 0 Å². The van der Waals surface area contributed by atoms with Crippen molar-refractivity contribution < 1.29 is 4.79 Å². The van der Waals surface area contributed by atoms with Gasteiger partial charge in [-0.05, 0) is 26.9 Å². The first-order chi connectivity index (χ1) is 7.70. The van der Waals surface area contributed by atoms with E-state index in [1.165, 1.54) is 24.2 Å². The number of likely N-dealkylation sites (N-methyl/N-ethyl adjacent to an activating group) is 1. The highest BCUT2D eigenvalue weighted by molar-refractivity contribution is 7.17. The molecule has 0 N–H and O–H groups in total. The molecule has 5 heteroatoms. The highest BCUT2D eigenvalue weighted by Crippen LogP contribution is 2.29. The Morgan fingerprint density at radius 1 is 1.69 bits per heavy atom. The number of thiazole rings is 1. The molecule has 0 bridgehead atoms. The Hall–Kier alpha value is -0.940. The first kappa shape index (κ1) is 11.5. The summed E-state index contributed by atoms with van der Waals surface area (Å²) in [4.78, 5) is 20.2. The summed E-state index contributed by atoms with van der Waals surface area (Å²) in [7, 11) is 4.18. The number of aldehydes is 1. The maximum absolute atomic E-state index is 10.6. The molecule has 2 heterocycles. The maximum Gasteiger partial charge on any atom is 0.186 e. The Morgan fingerprint density at radius 3 is 3.12 bits per heavy atom. The molecule has 1 fully saturated rings. The summed E-state index contributed by atoms with van der Waals surface area (Å²) in [6.45, 7) is 2.11. The first-order valence-corrected chi connectivity index (χ1v) is 6.34. The molecule has 0 spiro atoms. The largest absolute Gasteiger partial charge is 0.344 e. The maximum atomic E-state index is 10.6. The zero-order valence-corrected chi connectivity index (χ0v) is 10.5. The Bertz CT molecular complexity index is 364. The Labute approximate surface area is 99.9 Å². The van der Waals surface area contributed by atoms with Crippen LogP contribution in [-0.4, -0.2) is 49.4 Å². The lowest BCUT2D eigenvalue weighted by atomic mass is 10.2. The van der Waals surface area contributed by atoms with Crippen LogP contribution in [0, 0.1) is 0 Å². The average Bonchev–Trinajstić information content (AvgIpc) is 2.84. The minimum atomic E-state index is 0.542. The van der Waals surface area contributed by atoms with Gasteiger partial charge in [-0.3, -0.25) is 4.79 Å². The number of hydrogen-bond donors (Lipinski definition) is 0. The summed E-state index contributed by atoms with van der Waals surface area (Å²) in [6, 6.07) is 0.542. The molecular weight excluding hydrogens is 222 g/mol. The standard InChI is InChI=1S/C11H17N3OS/c1-13(2)7-9-4-3-5-14(9)11-12-6-10(8-15)16-11/h6,8-9H,3-5,7H2,1-2H3. The smallest absolute Gasteiger partial charge is 0.186 e. The number of rotatable bonds is 4. The summed E-state index contributed by atoms with van der Waals surface area (Å²) in [5.74, 6) is 0. The fourth-order valence-corrected chi connectivity index (χ4v) is 2.99. The van der Waals surface area contributed by atoms with Crippen LogP contribution in [0.1, 0.15) is 22.5 Å². The molecule has 4 nitrogen and oxygen atoms in total. The van der Waals surface area contributed by atoms with Gasteiger partial charge in [0.05, 0.1) is 11.1 Å². The second kappa shape index (κ2) is 4.93. The molecule has 88 valence electrons. The van der Waals surface area contributed by atoms with Crippen LogP contribution in [-0.2, 0) is 0 Å². The van der Waals surface area contributed by atoms with Crippen LogP contribution in [0.3, 0.4) is 0 Å². The van der Waals surface area contributed by atoms with Gasteiger partial charge >= 0.3 is 0 Å². The monoisotopic (exact) mass is 239 g/mol. The van der Waals surface area contributed by atoms with Gasteiger partial charge in [-0.2, -0.15) is 0 Å². The van der Waals surface area contributed by atoms with Crippen LogP contribution in [0.15, 0.2) is 6.20 Å². The molecule has 2 rings (SSSR count). The van der Waals surface area contributed by atoms with Gasteiger partial charge in [0, 0.05) is 19.1 Å². The number of nitrogens with zero attached hydrogens (tertiary/aromatic N) is 3. The summed E-state index contributed by atoms with van der Waals surface area (Å²) in [5.41, 5.74) is 0. The molecule has 0 aromatic carbocycles. The number of carbonyl (C=O) groups is 1. The molecule has 0 saturated carbocycles. The molecule has 1 aliphatic rings. The third-order valence-electron chi connectivity index (χ3n) is 2.83. The third-order valence-corrected chi connectivity index (χ3v) is 3.79. The van der Waals surface area contributed by atoms with Crippen molar-refractivity contribution in [3.05, 3.63) is 11.1 Å². The summed E-state index contributed by atoms with van der Waals surface area (Å²) in [6.07, 6.45) is 4.97. The normalized spacial score (nSPS) is 20.7. The highest BCUT2D eigenvalue weighted by atomic mass is 32.1. The predicted molar refractivity (Wildman–Crippen MR) is 66.4 cm³/mol. The molecular formula is C11H17N3OS. The number of anilines is 1. The van der Waals surface area contributed by atoms with E-state index < -0.39 is 0 Å². The van der Waals surface area contributed by atoms with Crippen molar-refractivity contribution in [2.75, 3.05) is 32.1 Å². The molecule has 1 aromatic rings. The minimum Gasteiger partial charge on any atom is -0.344 e. The highest BCUT2D eigenvalue weighted by Gasteiger charge is 2.26. The average molecular weight is 239 g/mol. The van der Waals surface area contributed by atoms with Crippen molar-refractivity contribution in [2.45, 2.75) is 18.9 Å². The van der Waals surface area contributed by atoms with Gasteiger partial charge in [-0.15, -0.1) is 0 Å². The second-order valence-electron chi connectivity index (χ2n) is 4.41. The first-order valence-electron chi connectivity index (χ1n) is 5.53. The third kappa shape index (κ3) is 2.41.